The van der Waals surface area contributed by atoms with Crippen LogP contribution in [0.3, 0.4) is 0 Å². The average molecular weight is 529 g/mol. The van der Waals surface area contributed by atoms with Gasteiger partial charge in [0.1, 0.15) is 21.5 Å². The first-order chi connectivity index (χ1) is 17.5. The standard InChI is InChI=1S/C26H33FN6O3S/c1-4-37(35,36)15-18-13-33(14-18)21-6-5-17(2)19-11-24(29-12-20(19)21)30-23-7-9-28-25(31-23)32-10-8-22(34)26(3,27)16-32/h5-7,9,11-12,18,22,34H,4,8,10,13-16H2,1-3H3,(H,28,29,30,31)/t22-,26+/m1/s1. The number of sulfone groups is 1. The fourth-order valence-corrected chi connectivity index (χ4v) is 6.24. The Bertz CT molecular complexity index is 1410. The molecule has 9 nitrogen and oxygen atoms in total. The van der Waals surface area contributed by atoms with Crippen molar-refractivity contribution in [1.29, 1.82) is 0 Å². The first-order valence-corrected chi connectivity index (χ1v) is 14.4. The van der Waals surface area contributed by atoms with Crippen molar-refractivity contribution in [3.05, 3.63) is 42.2 Å². The fraction of sp³-hybridized carbons (Fsp3) is 0.500. The molecule has 5 rings (SSSR count). The molecule has 0 amide bonds. The smallest absolute Gasteiger partial charge is 0.227 e. The summed E-state index contributed by atoms with van der Waals surface area (Å²) in [6.07, 6.45) is 2.77. The lowest BCUT2D eigenvalue weighted by molar-refractivity contribution is -0.00860. The Balaban J connectivity index is 1.33. The molecule has 4 heterocycles. The molecule has 0 spiro atoms. The zero-order valence-electron chi connectivity index (χ0n) is 21.4. The van der Waals surface area contributed by atoms with E-state index in [1.54, 1.807) is 24.1 Å². The maximum Gasteiger partial charge on any atom is 0.227 e. The average Bonchev–Trinajstić information content (AvgIpc) is 2.84. The second-order valence-electron chi connectivity index (χ2n) is 10.4. The molecular weight excluding hydrogens is 495 g/mol. The molecule has 2 aliphatic rings. The van der Waals surface area contributed by atoms with E-state index < -0.39 is 21.6 Å². The molecule has 1 aromatic carbocycles. The van der Waals surface area contributed by atoms with Crippen LogP contribution in [0.2, 0.25) is 0 Å². The van der Waals surface area contributed by atoms with Gasteiger partial charge >= 0.3 is 0 Å². The zero-order chi connectivity index (χ0) is 26.4. The van der Waals surface area contributed by atoms with E-state index in [9.17, 15) is 17.9 Å². The van der Waals surface area contributed by atoms with E-state index in [0.29, 0.717) is 43.6 Å². The van der Waals surface area contributed by atoms with Crippen LogP contribution in [-0.2, 0) is 9.84 Å². The summed E-state index contributed by atoms with van der Waals surface area (Å²) in [5.74, 6) is 2.14. The minimum absolute atomic E-state index is 0.0234. The highest BCUT2D eigenvalue weighted by Crippen LogP contribution is 2.35. The topological polar surface area (TPSA) is 112 Å². The number of aryl methyl sites for hydroxylation is 1. The van der Waals surface area contributed by atoms with Crippen molar-refractivity contribution in [3.8, 4) is 0 Å². The second kappa shape index (κ2) is 9.68. The number of aromatic nitrogens is 3. The Morgan fingerprint density at radius 3 is 2.68 bits per heavy atom. The number of anilines is 4. The Morgan fingerprint density at radius 2 is 1.95 bits per heavy atom. The number of hydrogen-bond acceptors (Lipinski definition) is 9. The summed E-state index contributed by atoms with van der Waals surface area (Å²) in [7, 11) is -2.98. The number of nitrogens with zero attached hydrogens (tertiary/aromatic N) is 5. The highest BCUT2D eigenvalue weighted by atomic mass is 32.2. The predicted octanol–water partition coefficient (Wildman–Crippen LogP) is 3.25. The van der Waals surface area contributed by atoms with Gasteiger partial charge in [0.25, 0.3) is 0 Å². The van der Waals surface area contributed by atoms with Crippen LogP contribution < -0.4 is 15.1 Å². The van der Waals surface area contributed by atoms with Gasteiger partial charge in [0.05, 0.1) is 18.4 Å². The molecule has 0 unspecified atom stereocenters. The van der Waals surface area contributed by atoms with Gasteiger partial charge in [0.2, 0.25) is 5.95 Å². The van der Waals surface area contributed by atoms with E-state index in [-0.39, 0.29) is 24.0 Å². The molecule has 0 saturated carbocycles. The number of aliphatic hydroxyl groups excluding tert-OH is 1. The molecule has 2 atom stereocenters. The van der Waals surface area contributed by atoms with Crippen LogP contribution in [0, 0.1) is 12.8 Å². The van der Waals surface area contributed by atoms with Crippen LogP contribution in [0.25, 0.3) is 10.8 Å². The lowest BCUT2D eigenvalue weighted by Gasteiger charge is -2.41. The third-order valence-corrected chi connectivity index (χ3v) is 9.23. The molecule has 37 heavy (non-hydrogen) atoms. The summed E-state index contributed by atoms with van der Waals surface area (Å²) in [6, 6.07) is 7.85. The Kier molecular flexibility index (Phi) is 6.70. The summed E-state index contributed by atoms with van der Waals surface area (Å²) >= 11 is 0. The van der Waals surface area contributed by atoms with Gasteiger partial charge in [-0.25, -0.2) is 22.8 Å². The molecule has 2 aromatic heterocycles. The monoisotopic (exact) mass is 528 g/mol. The number of alkyl halides is 1. The van der Waals surface area contributed by atoms with Crippen molar-refractivity contribution in [2.24, 2.45) is 5.92 Å². The van der Waals surface area contributed by atoms with Crippen molar-refractivity contribution < 1.29 is 17.9 Å². The fourth-order valence-electron chi connectivity index (χ4n) is 5.07. The van der Waals surface area contributed by atoms with E-state index in [1.807, 2.05) is 19.2 Å². The number of fused-ring (bicyclic) bond motifs is 1. The molecule has 3 aromatic rings. The van der Waals surface area contributed by atoms with Crippen molar-refractivity contribution >= 4 is 43.9 Å². The SMILES string of the molecule is CCS(=O)(=O)CC1CN(c2ccc(C)c3cc(Nc4ccnc(N5CC[C@@H](O)[C@@](C)(F)C5)n4)ncc23)C1. The highest BCUT2D eigenvalue weighted by molar-refractivity contribution is 7.91. The zero-order valence-corrected chi connectivity index (χ0v) is 22.2. The van der Waals surface area contributed by atoms with Crippen LogP contribution in [-0.4, -0.2) is 77.9 Å². The molecule has 198 valence electrons. The van der Waals surface area contributed by atoms with Gasteiger partial charge in [0, 0.05) is 54.8 Å². The third-order valence-electron chi connectivity index (χ3n) is 7.37. The largest absolute Gasteiger partial charge is 0.390 e. The van der Waals surface area contributed by atoms with Gasteiger partial charge in [-0.15, -0.1) is 0 Å². The van der Waals surface area contributed by atoms with Crippen molar-refractivity contribution in [2.75, 3.05) is 52.8 Å². The van der Waals surface area contributed by atoms with Gasteiger partial charge in [-0.05, 0) is 49.4 Å². The number of piperidine rings is 1. The van der Waals surface area contributed by atoms with Gasteiger partial charge in [-0.3, -0.25) is 0 Å². The van der Waals surface area contributed by atoms with Crippen LogP contribution >= 0.6 is 0 Å². The van der Waals surface area contributed by atoms with Crippen molar-refractivity contribution in [1.82, 2.24) is 15.0 Å². The summed E-state index contributed by atoms with van der Waals surface area (Å²) in [5, 5.41) is 15.2. The van der Waals surface area contributed by atoms with Crippen molar-refractivity contribution in [2.45, 2.75) is 39.0 Å². The van der Waals surface area contributed by atoms with Crippen LogP contribution in [0.5, 0.6) is 0 Å². The Morgan fingerprint density at radius 1 is 1.16 bits per heavy atom. The number of halogens is 1. The van der Waals surface area contributed by atoms with Crippen LogP contribution in [0.1, 0.15) is 25.8 Å². The first kappa shape index (κ1) is 25.6. The normalized spacial score (nSPS) is 22.8. The Hall–Kier alpha value is -3.05. The second-order valence-corrected chi connectivity index (χ2v) is 12.8. The van der Waals surface area contributed by atoms with Crippen LogP contribution in [0.15, 0.2) is 36.7 Å². The van der Waals surface area contributed by atoms with Gasteiger partial charge in [-0.1, -0.05) is 13.0 Å². The van der Waals surface area contributed by atoms with Crippen molar-refractivity contribution in [3.63, 3.8) is 0 Å². The molecule has 0 aliphatic carbocycles. The lowest BCUT2D eigenvalue weighted by Crippen LogP contribution is -2.52. The third kappa shape index (κ3) is 5.33. The quantitative estimate of drug-likeness (QED) is 0.477. The Labute approximate surface area is 216 Å². The van der Waals surface area contributed by atoms with E-state index in [4.69, 9.17) is 0 Å². The molecule has 0 bridgehead atoms. The van der Waals surface area contributed by atoms with E-state index in [1.165, 1.54) is 6.92 Å². The molecular formula is C26H33FN6O3S. The van der Waals surface area contributed by atoms with E-state index in [0.717, 1.165) is 22.0 Å². The van der Waals surface area contributed by atoms with Gasteiger partial charge in [0.15, 0.2) is 5.67 Å². The first-order valence-electron chi connectivity index (χ1n) is 12.6. The van der Waals surface area contributed by atoms with Crippen LogP contribution in [0.4, 0.5) is 27.7 Å². The summed E-state index contributed by atoms with van der Waals surface area (Å²) in [5.41, 5.74) is 0.434. The molecule has 2 aliphatic heterocycles. The molecule has 2 saturated heterocycles. The summed E-state index contributed by atoms with van der Waals surface area (Å²) in [6.45, 7) is 7.06. The molecule has 0 radical (unpaired) electrons. The minimum Gasteiger partial charge on any atom is -0.390 e. The lowest BCUT2D eigenvalue weighted by atomic mass is 9.94. The minimum atomic E-state index is -2.98. The summed E-state index contributed by atoms with van der Waals surface area (Å²) in [4.78, 5) is 17.4. The number of aliphatic hydroxyl groups is 1. The van der Waals surface area contributed by atoms with E-state index >= 15 is 0 Å². The van der Waals surface area contributed by atoms with Gasteiger partial charge < -0.3 is 20.2 Å². The number of pyridine rings is 1. The molecule has 11 heteroatoms. The van der Waals surface area contributed by atoms with E-state index in [2.05, 4.69) is 37.3 Å². The number of rotatable bonds is 7. The number of hydrogen-bond donors (Lipinski definition) is 2. The molecule has 2 fully saturated rings. The highest BCUT2D eigenvalue weighted by Gasteiger charge is 2.39. The predicted molar refractivity (Wildman–Crippen MR) is 144 cm³/mol. The molecule has 2 N–H and O–H groups in total. The van der Waals surface area contributed by atoms with Gasteiger partial charge in [-0.2, -0.15) is 4.98 Å². The number of benzene rings is 1. The number of nitrogens with one attached hydrogen (secondary N) is 1. The summed E-state index contributed by atoms with van der Waals surface area (Å²) < 4.78 is 38.6. The maximum absolute atomic E-state index is 14.7. The maximum atomic E-state index is 14.7.